The standard InChI is InChI=1S/C38H25NS/c1-2-11-28-25(9-1)10-7-15-31(28)33-24-23-29(30-12-3-4-13-32(30)33)26-19-21-27(22-20-26)39-36-17-8-16-35-34-14-5-6-18-37(34)40-38(35)36/h1-24,39H. The summed E-state index contributed by atoms with van der Waals surface area (Å²) in [6.07, 6.45) is 0. The van der Waals surface area contributed by atoms with Crippen LogP contribution in [0.5, 0.6) is 0 Å². The second-order valence-corrected chi connectivity index (χ2v) is 11.3. The summed E-state index contributed by atoms with van der Waals surface area (Å²) < 4.78 is 2.61. The van der Waals surface area contributed by atoms with Gasteiger partial charge in [-0.2, -0.15) is 0 Å². The number of benzene rings is 7. The summed E-state index contributed by atoms with van der Waals surface area (Å²) in [5.74, 6) is 0. The SMILES string of the molecule is c1ccc2c(-c3ccc(-c4ccc(Nc5cccc6c5sc5ccccc56)cc4)c4ccccc34)cccc2c1. The van der Waals surface area contributed by atoms with Gasteiger partial charge < -0.3 is 5.32 Å². The fourth-order valence-electron chi connectivity index (χ4n) is 5.98. The van der Waals surface area contributed by atoms with Crippen LogP contribution < -0.4 is 5.32 Å². The molecule has 8 aromatic rings. The van der Waals surface area contributed by atoms with Crippen molar-refractivity contribution in [2.45, 2.75) is 0 Å². The highest BCUT2D eigenvalue weighted by atomic mass is 32.1. The third-order valence-corrected chi connectivity index (χ3v) is 9.10. The highest BCUT2D eigenvalue weighted by molar-refractivity contribution is 7.26. The van der Waals surface area contributed by atoms with Crippen LogP contribution in [0.4, 0.5) is 11.4 Å². The molecular weight excluding hydrogens is 502 g/mol. The maximum atomic E-state index is 3.68. The van der Waals surface area contributed by atoms with Crippen LogP contribution in [0.25, 0.3) is 64.0 Å². The molecule has 0 unspecified atom stereocenters. The van der Waals surface area contributed by atoms with E-state index in [0.717, 1.165) is 11.4 Å². The topological polar surface area (TPSA) is 12.0 Å². The molecular formula is C38H25NS. The van der Waals surface area contributed by atoms with E-state index < -0.39 is 0 Å². The van der Waals surface area contributed by atoms with Crippen molar-refractivity contribution in [3.05, 3.63) is 146 Å². The van der Waals surface area contributed by atoms with Gasteiger partial charge in [0.15, 0.2) is 0 Å². The number of nitrogens with one attached hydrogen (secondary N) is 1. The molecule has 1 heterocycles. The molecule has 7 aromatic carbocycles. The molecule has 2 heteroatoms. The van der Waals surface area contributed by atoms with Gasteiger partial charge in [-0.1, -0.05) is 121 Å². The van der Waals surface area contributed by atoms with Crippen LogP contribution in [0.15, 0.2) is 146 Å². The molecule has 0 saturated heterocycles. The van der Waals surface area contributed by atoms with E-state index >= 15 is 0 Å². The van der Waals surface area contributed by atoms with E-state index in [1.54, 1.807) is 0 Å². The molecule has 0 saturated carbocycles. The summed E-state index contributed by atoms with van der Waals surface area (Å²) in [6.45, 7) is 0. The van der Waals surface area contributed by atoms with Crippen molar-refractivity contribution >= 4 is 64.4 Å². The summed E-state index contributed by atoms with van der Waals surface area (Å²) in [5.41, 5.74) is 7.24. The average molecular weight is 528 g/mol. The monoisotopic (exact) mass is 527 g/mol. The molecule has 0 spiro atoms. The number of anilines is 2. The van der Waals surface area contributed by atoms with Crippen molar-refractivity contribution in [1.29, 1.82) is 0 Å². The van der Waals surface area contributed by atoms with Gasteiger partial charge in [-0.15, -0.1) is 11.3 Å². The van der Waals surface area contributed by atoms with Crippen molar-refractivity contribution in [2.75, 3.05) is 5.32 Å². The third-order valence-electron chi connectivity index (χ3n) is 7.88. The van der Waals surface area contributed by atoms with E-state index in [2.05, 4.69) is 151 Å². The van der Waals surface area contributed by atoms with E-state index in [1.807, 2.05) is 11.3 Å². The van der Waals surface area contributed by atoms with Crippen molar-refractivity contribution < 1.29 is 0 Å². The Morgan fingerprint density at radius 2 is 1.00 bits per heavy atom. The second-order valence-electron chi connectivity index (χ2n) is 10.2. The molecule has 0 radical (unpaired) electrons. The van der Waals surface area contributed by atoms with E-state index in [0.29, 0.717) is 0 Å². The number of thiophene rings is 1. The van der Waals surface area contributed by atoms with Gasteiger partial charge in [-0.3, -0.25) is 0 Å². The van der Waals surface area contributed by atoms with Gasteiger partial charge in [0.2, 0.25) is 0 Å². The Morgan fingerprint density at radius 3 is 1.85 bits per heavy atom. The summed E-state index contributed by atoms with van der Waals surface area (Å²) in [4.78, 5) is 0. The van der Waals surface area contributed by atoms with Crippen molar-refractivity contribution in [3.8, 4) is 22.3 Å². The Labute approximate surface area is 237 Å². The van der Waals surface area contributed by atoms with Crippen LogP contribution in [-0.2, 0) is 0 Å². The Balaban J connectivity index is 1.18. The van der Waals surface area contributed by atoms with Gasteiger partial charge >= 0.3 is 0 Å². The predicted molar refractivity (Wildman–Crippen MR) is 175 cm³/mol. The zero-order valence-corrected chi connectivity index (χ0v) is 22.6. The predicted octanol–water partition coefficient (Wildman–Crippen LogP) is 11.4. The van der Waals surface area contributed by atoms with E-state index in [-0.39, 0.29) is 0 Å². The molecule has 0 aliphatic heterocycles. The van der Waals surface area contributed by atoms with Crippen LogP contribution >= 0.6 is 11.3 Å². The average Bonchev–Trinajstić information content (AvgIpc) is 3.41. The van der Waals surface area contributed by atoms with Crippen LogP contribution in [0.3, 0.4) is 0 Å². The van der Waals surface area contributed by atoms with Crippen LogP contribution in [0.2, 0.25) is 0 Å². The molecule has 188 valence electrons. The highest BCUT2D eigenvalue weighted by Crippen LogP contribution is 2.40. The van der Waals surface area contributed by atoms with Gasteiger partial charge in [0.05, 0.1) is 10.4 Å². The zero-order valence-electron chi connectivity index (χ0n) is 21.8. The number of hydrogen-bond acceptors (Lipinski definition) is 2. The quantitative estimate of drug-likeness (QED) is 0.240. The van der Waals surface area contributed by atoms with Gasteiger partial charge in [-0.25, -0.2) is 0 Å². The molecule has 0 aliphatic carbocycles. The molecule has 0 aliphatic rings. The molecule has 0 fully saturated rings. The fraction of sp³-hybridized carbons (Fsp3) is 0. The number of hydrogen-bond donors (Lipinski definition) is 1. The normalized spacial score (nSPS) is 11.5. The molecule has 1 nitrogen and oxygen atoms in total. The summed E-state index contributed by atoms with van der Waals surface area (Å²) in [7, 11) is 0. The maximum Gasteiger partial charge on any atom is 0.0590 e. The minimum atomic E-state index is 1.09. The first-order chi connectivity index (χ1) is 19.8. The molecule has 0 bridgehead atoms. The third kappa shape index (κ3) is 3.77. The molecule has 0 amide bonds. The maximum absolute atomic E-state index is 3.68. The van der Waals surface area contributed by atoms with E-state index in [4.69, 9.17) is 0 Å². The Kier molecular flexibility index (Phi) is 5.39. The van der Waals surface area contributed by atoms with E-state index in [9.17, 15) is 0 Å². The van der Waals surface area contributed by atoms with Crippen molar-refractivity contribution in [3.63, 3.8) is 0 Å². The molecule has 1 N–H and O–H groups in total. The second kappa shape index (κ2) is 9.37. The minimum absolute atomic E-state index is 1.09. The smallest absolute Gasteiger partial charge is 0.0590 e. The van der Waals surface area contributed by atoms with Crippen molar-refractivity contribution in [2.24, 2.45) is 0 Å². The summed E-state index contributed by atoms with van der Waals surface area (Å²) in [5, 5.41) is 11.4. The van der Waals surface area contributed by atoms with Crippen molar-refractivity contribution in [1.82, 2.24) is 0 Å². The Bertz CT molecular complexity index is 2180. The lowest BCUT2D eigenvalue weighted by atomic mass is 9.90. The largest absolute Gasteiger partial charge is 0.354 e. The first kappa shape index (κ1) is 23.0. The minimum Gasteiger partial charge on any atom is -0.354 e. The Morgan fingerprint density at radius 1 is 0.400 bits per heavy atom. The van der Waals surface area contributed by atoms with Crippen LogP contribution in [-0.4, -0.2) is 0 Å². The highest BCUT2D eigenvalue weighted by Gasteiger charge is 2.12. The lowest BCUT2D eigenvalue weighted by molar-refractivity contribution is 1.58. The first-order valence-corrected chi connectivity index (χ1v) is 14.4. The zero-order chi connectivity index (χ0) is 26.5. The molecule has 40 heavy (non-hydrogen) atoms. The van der Waals surface area contributed by atoms with Crippen LogP contribution in [0, 0.1) is 0 Å². The number of rotatable bonds is 4. The first-order valence-electron chi connectivity index (χ1n) is 13.6. The Hall–Kier alpha value is -4.92. The lowest BCUT2D eigenvalue weighted by Gasteiger charge is -2.14. The molecule has 8 rings (SSSR count). The molecule has 0 atom stereocenters. The summed E-state index contributed by atoms with van der Waals surface area (Å²) >= 11 is 1.85. The van der Waals surface area contributed by atoms with Gasteiger partial charge in [0.25, 0.3) is 0 Å². The summed E-state index contributed by atoms with van der Waals surface area (Å²) in [6, 6.07) is 52.6. The van der Waals surface area contributed by atoms with Crippen LogP contribution in [0.1, 0.15) is 0 Å². The van der Waals surface area contributed by atoms with E-state index in [1.165, 1.54) is 64.0 Å². The number of fused-ring (bicyclic) bond motifs is 5. The van der Waals surface area contributed by atoms with Gasteiger partial charge in [-0.05, 0) is 68.1 Å². The lowest BCUT2D eigenvalue weighted by Crippen LogP contribution is -1.91. The fourth-order valence-corrected chi connectivity index (χ4v) is 7.15. The van der Waals surface area contributed by atoms with Gasteiger partial charge in [0.1, 0.15) is 0 Å². The molecule has 1 aromatic heterocycles. The van der Waals surface area contributed by atoms with Gasteiger partial charge in [0, 0.05) is 21.2 Å².